The van der Waals surface area contributed by atoms with E-state index in [4.69, 9.17) is 9.47 Å². The Morgan fingerprint density at radius 2 is 1.71 bits per heavy atom. The average Bonchev–Trinajstić information content (AvgIpc) is 2.93. The van der Waals surface area contributed by atoms with Gasteiger partial charge < -0.3 is 19.5 Å². The Balaban J connectivity index is 1.74. The van der Waals surface area contributed by atoms with E-state index in [0.29, 0.717) is 23.6 Å². The fourth-order valence-electron chi connectivity index (χ4n) is 4.19. The number of hydrogen-bond acceptors (Lipinski definition) is 7. The van der Waals surface area contributed by atoms with Gasteiger partial charge >= 0.3 is 18.2 Å². The first kappa shape index (κ1) is 30.8. The van der Waals surface area contributed by atoms with Crippen LogP contribution in [0.5, 0.6) is 5.75 Å². The number of carbonyl (C=O) groups is 2. The zero-order valence-electron chi connectivity index (χ0n) is 23.7. The molecule has 0 aliphatic carbocycles. The monoisotopic (exact) mass is 603 g/mol. The number of hydrogen-bond donors (Lipinski definition) is 1. The molecule has 1 aliphatic heterocycles. The van der Waals surface area contributed by atoms with Crippen molar-refractivity contribution in [1.29, 1.82) is 0 Å². The average molecular weight is 604 g/mol. The maximum absolute atomic E-state index is 13.9. The summed E-state index contributed by atoms with van der Waals surface area (Å²) in [5.41, 5.74) is 1.30. The van der Waals surface area contributed by atoms with Crippen LogP contribution in [0, 0.1) is 0 Å². The highest BCUT2D eigenvalue weighted by atomic mass is 28.3. The summed E-state index contributed by atoms with van der Waals surface area (Å²) in [7, 11) is 0.0520. The Labute approximate surface area is 242 Å². The molecule has 0 bridgehead atoms. The van der Waals surface area contributed by atoms with Gasteiger partial charge in [0.05, 0.1) is 24.9 Å². The highest BCUT2D eigenvalue weighted by molar-refractivity contribution is 6.76. The molecule has 10 nitrogen and oxygen atoms in total. The maximum Gasteiger partial charge on any atom is 0.406 e. The quantitative estimate of drug-likeness (QED) is 0.158. The van der Waals surface area contributed by atoms with Crippen molar-refractivity contribution in [2.45, 2.75) is 38.4 Å². The Morgan fingerprint density at radius 3 is 2.29 bits per heavy atom. The molecule has 3 aromatic rings. The molecule has 2 aromatic carbocycles. The minimum Gasteiger partial charge on any atom is -0.497 e. The van der Waals surface area contributed by atoms with E-state index in [-0.39, 0.29) is 36.3 Å². The Bertz CT molecular complexity index is 1420. The lowest BCUT2D eigenvalue weighted by Crippen LogP contribution is -2.46. The topological polar surface area (TPSA) is 108 Å². The van der Waals surface area contributed by atoms with Crippen molar-refractivity contribution >= 4 is 43.2 Å². The molecule has 2 amide bonds. The number of rotatable bonds is 11. The van der Waals surface area contributed by atoms with Crippen LogP contribution in [-0.2, 0) is 11.3 Å². The van der Waals surface area contributed by atoms with Crippen LogP contribution in [0.2, 0.25) is 25.7 Å². The normalized spacial score (nSPS) is 13.6. The number of urea groups is 1. The first-order chi connectivity index (χ1) is 19.8. The molecule has 0 spiro atoms. The van der Waals surface area contributed by atoms with Gasteiger partial charge in [-0.1, -0.05) is 19.6 Å². The van der Waals surface area contributed by atoms with Crippen molar-refractivity contribution in [3.8, 4) is 5.75 Å². The predicted octanol–water partition coefficient (Wildman–Crippen LogP) is 6.14. The summed E-state index contributed by atoms with van der Waals surface area (Å²) in [6.07, 6.45) is -3.17. The molecule has 14 heteroatoms. The Hall–Kier alpha value is -4.17. The molecule has 0 fully saturated rings. The van der Waals surface area contributed by atoms with E-state index in [0.717, 1.165) is 10.9 Å². The number of carboxylic acid groups (broad SMARTS) is 1. The fourth-order valence-corrected chi connectivity index (χ4v) is 4.95. The van der Waals surface area contributed by atoms with Crippen LogP contribution in [0.4, 0.5) is 41.1 Å². The number of alkyl halides is 3. The van der Waals surface area contributed by atoms with E-state index in [9.17, 15) is 27.9 Å². The number of halogens is 3. The molecule has 0 saturated heterocycles. The fraction of sp³-hybridized carbons (Fsp3) is 0.357. The van der Waals surface area contributed by atoms with Crippen molar-refractivity contribution in [2.24, 2.45) is 0 Å². The first-order valence-corrected chi connectivity index (χ1v) is 16.8. The second-order valence-corrected chi connectivity index (χ2v) is 16.6. The molecular formula is C28H32F3N5O5Si. The van der Waals surface area contributed by atoms with Crippen LogP contribution in [-0.4, -0.2) is 68.3 Å². The van der Waals surface area contributed by atoms with E-state index in [1.807, 2.05) is 0 Å². The number of amides is 2. The van der Waals surface area contributed by atoms with Crippen molar-refractivity contribution in [1.82, 2.24) is 9.97 Å². The standard InChI is InChI=1S/C28H32F3N5O5Si/c1-40-23-11-9-21(10-12-23)35-16-20-15-32-26(34(17-28(29,30)31)18-41-13-14-42(2,3)4)33-24(20)36(27(35)39)22-7-5-19(6-8-22)25(37)38/h5-12,15H,13-14,16-18H2,1-4H3,(H,37,38). The third-order valence-electron chi connectivity index (χ3n) is 6.44. The van der Waals surface area contributed by atoms with Crippen molar-refractivity contribution in [2.75, 3.05) is 41.7 Å². The number of aromatic carboxylic acids is 1. The number of carboxylic acids is 1. The smallest absolute Gasteiger partial charge is 0.406 e. The molecule has 1 N–H and O–H groups in total. The van der Waals surface area contributed by atoms with Crippen LogP contribution >= 0.6 is 0 Å². The number of benzene rings is 2. The van der Waals surface area contributed by atoms with E-state index in [1.54, 1.807) is 24.3 Å². The maximum atomic E-state index is 13.9. The first-order valence-electron chi connectivity index (χ1n) is 13.1. The van der Waals surface area contributed by atoms with Crippen LogP contribution < -0.4 is 19.4 Å². The lowest BCUT2D eigenvalue weighted by atomic mass is 10.1. The number of fused-ring (bicyclic) bond motifs is 1. The highest BCUT2D eigenvalue weighted by Gasteiger charge is 2.37. The number of nitrogens with zero attached hydrogens (tertiary/aromatic N) is 5. The molecule has 1 aromatic heterocycles. The van der Waals surface area contributed by atoms with Gasteiger partial charge in [0.1, 0.15) is 19.0 Å². The van der Waals surface area contributed by atoms with Crippen molar-refractivity contribution in [3.63, 3.8) is 0 Å². The number of ether oxygens (including phenoxy) is 2. The molecule has 0 atom stereocenters. The summed E-state index contributed by atoms with van der Waals surface area (Å²) >= 11 is 0. The van der Waals surface area contributed by atoms with Gasteiger partial charge in [-0.15, -0.1) is 0 Å². The molecule has 2 heterocycles. The summed E-state index contributed by atoms with van der Waals surface area (Å²) in [6, 6.07) is 12.6. The zero-order valence-corrected chi connectivity index (χ0v) is 24.7. The number of methoxy groups -OCH3 is 1. The van der Waals surface area contributed by atoms with Gasteiger partial charge in [-0.25, -0.2) is 19.5 Å². The van der Waals surface area contributed by atoms with E-state index in [2.05, 4.69) is 29.6 Å². The molecule has 0 saturated carbocycles. The lowest BCUT2D eigenvalue weighted by molar-refractivity contribution is -0.122. The SMILES string of the molecule is COc1ccc(N2Cc3cnc(N(COCC[Si](C)(C)C)CC(F)(F)F)nc3N(c3ccc(C(=O)O)cc3)C2=O)cc1. The lowest BCUT2D eigenvalue weighted by Gasteiger charge is -2.36. The van der Waals surface area contributed by atoms with Gasteiger partial charge in [0.2, 0.25) is 5.95 Å². The minimum absolute atomic E-state index is 0.00522. The summed E-state index contributed by atoms with van der Waals surface area (Å²) in [4.78, 5) is 37.6. The second-order valence-electron chi connectivity index (χ2n) is 10.9. The largest absolute Gasteiger partial charge is 0.497 e. The summed E-state index contributed by atoms with van der Waals surface area (Å²) in [5, 5.41) is 9.33. The van der Waals surface area contributed by atoms with Gasteiger partial charge in [0.15, 0.2) is 5.82 Å². The molecule has 224 valence electrons. The third kappa shape index (κ3) is 7.56. The Morgan fingerprint density at radius 1 is 1.07 bits per heavy atom. The van der Waals surface area contributed by atoms with Crippen LogP contribution in [0.25, 0.3) is 0 Å². The van der Waals surface area contributed by atoms with E-state index in [1.165, 1.54) is 47.4 Å². The zero-order chi connectivity index (χ0) is 30.7. The van der Waals surface area contributed by atoms with Crippen LogP contribution in [0.15, 0.2) is 54.7 Å². The van der Waals surface area contributed by atoms with E-state index >= 15 is 0 Å². The van der Waals surface area contributed by atoms with Crippen LogP contribution in [0.1, 0.15) is 15.9 Å². The molecule has 0 unspecified atom stereocenters. The molecular weight excluding hydrogens is 571 g/mol. The van der Waals surface area contributed by atoms with Crippen LogP contribution in [0.3, 0.4) is 0 Å². The van der Waals surface area contributed by atoms with Gasteiger partial charge in [-0.2, -0.15) is 18.2 Å². The minimum atomic E-state index is -4.56. The Kier molecular flexibility index (Phi) is 9.06. The molecule has 4 rings (SSSR count). The van der Waals surface area contributed by atoms with Gasteiger partial charge in [-0.05, 0) is 54.6 Å². The molecule has 0 radical (unpaired) electrons. The number of carbonyl (C=O) groups excluding carboxylic acids is 1. The highest BCUT2D eigenvalue weighted by Crippen LogP contribution is 2.37. The molecule has 1 aliphatic rings. The summed E-state index contributed by atoms with van der Waals surface area (Å²) < 4.78 is 51.5. The number of anilines is 4. The van der Waals surface area contributed by atoms with Gasteiger partial charge in [0, 0.05) is 32.1 Å². The van der Waals surface area contributed by atoms with Gasteiger partial charge in [0.25, 0.3) is 0 Å². The number of aromatic nitrogens is 2. The predicted molar refractivity (Wildman–Crippen MR) is 155 cm³/mol. The molecule has 42 heavy (non-hydrogen) atoms. The van der Waals surface area contributed by atoms with Crippen molar-refractivity contribution < 1.29 is 37.3 Å². The van der Waals surface area contributed by atoms with Gasteiger partial charge in [-0.3, -0.25) is 4.90 Å². The van der Waals surface area contributed by atoms with Crippen molar-refractivity contribution in [3.05, 3.63) is 65.9 Å². The third-order valence-corrected chi connectivity index (χ3v) is 8.15. The summed E-state index contributed by atoms with van der Waals surface area (Å²) in [6.45, 7) is 5.03. The van der Waals surface area contributed by atoms with E-state index < -0.39 is 32.8 Å². The second kappa shape index (κ2) is 12.4. The summed E-state index contributed by atoms with van der Waals surface area (Å²) in [5.74, 6) is -0.716.